The van der Waals surface area contributed by atoms with Crippen molar-refractivity contribution in [2.24, 2.45) is 53.3 Å². The zero-order valence-corrected chi connectivity index (χ0v) is 88.5. The Morgan fingerprint density at radius 1 is 0.213 bits per heavy atom. The van der Waals surface area contributed by atoms with Gasteiger partial charge < -0.3 is 9.47 Å². The van der Waals surface area contributed by atoms with Crippen LogP contribution in [0.4, 0.5) is 26.3 Å². The molecule has 0 unspecified atom stereocenters. The SMILES string of the molecule is C.C.CC1CCC(C)CC1.CC1CCC(C)CC1.CC1CCC(C)CC1.CC1CCC(C)CC1.CC1COC(C)OC1.Cc1ccc(C)c(F)c1.Cc1ccc(C)c(F)c1.Cc1ccc(C)c(F)c1F.Cc1ccc(C)c(F)n1.Cc1ccc(C)c(F)n1.Cc1ccc(C)cc1.Cc1ccc(C)cc1.Cc1ccc(C)nc1.Cc1ccc(C)nc1.Cc1cnc(C)nc1.Cc1cnc(C)nc1. The summed E-state index contributed by atoms with van der Waals surface area (Å²) in [6.45, 7) is 66.1. The Kier molecular flexibility index (Phi) is 69.4. The first-order valence-electron chi connectivity index (χ1n) is 48.7. The van der Waals surface area contributed by atoms with Gasteiger partial charge in [-0.2, -0.15) is 8.78 Å². The molecule has 5 aliphatic rings. The fourth-order valence-corrected chi connectivity index (χ4v) is 13.0. The zero-order valence-electron chi connectivity index (χ0n) is 88.5. The standard InChI is InChI=1S/C8H8F2.2C8H9F.4C8H16.2C8H10.2C7H8FN.2C7H9N.2C6H8N2.C6H12O2.2CH4/c1-5-3-4-6(2)8(10)7(5)9;2*1-6-3-4-7(2)8(9)5-6;6*1-7-3-5-8(2)6-4-7;2*1-5-3-4-6(2)9-7(5)8;2*1-6-3-4-7(2)8-5-6;3*1-5-3-7-6(2)8-4-5;;/h3-4H,1-2H3;2*3-5H,1-2H3;4*7-8H,3-6H2,1-2H3;2*3-6H,1-2H3;2*3-4H,1-2H3;2*3-5H,1-2H3;2*3-4H,1-2H3;5-6H,3-4H2,1-2H3;2*1H4. The van der Waals surface area contributed by atoms with Crippen LogP contribution in [0.25, 0.3) is 0 Å². The van der Waals surface area contributed by atoms with Crippen LogP contribution < -0.4 is 0 Å². The van der Waals surface area contributed by atoms with E-state index < -0.39 is 11.6 Å². The molecule has 11 aromatic rings. The number of hydrogen-bond donors (Lipinski definition) is 0. The molecule has 0 spiro atoms. The summed E-state index contributed by atoms with van der Waals surface area (Å²) in [5.41, 5.74) is 18.8. The van der Waals surface area contributed by atoms with Crippen molar-refractivity contribution in [3.8, 4) is 0 Å². The van der Waals surface area contributed by atoms with Crippen molar-refractivity contribution < 1.29 is 35.8 Å². The van der Waals surface area contributed by atoms with Crippen LogP contribution in [-0.4, -0.2) is 59.4 Å². The number of pyridine rings is 4. The molecular formula is C120H180F6N8O2. The Hall–Kier alpha value is -9.64. The van der Waals surface area contributed by atoms with Crippen molar-refractivity contribution >= 4 is 0 Å². The van der Waals surface area contributed by atoms with Crippen LogP contribution in [0.1, 0.15) is 310 Å². The molecule has 6 aromatic heterocycles. The maximum Gasteiger partial charge on any atom is 0.215 e. The lowest BCUT2D eigenvalue weighted by Gasteiger charge is -2.24. The number of benzene rings is 5. The Bertz CT molecular complexity index is 3990. The second-order valence-electron chi connectivity index (χ2n) is 38.6. The number of hydrogen-bond acceptors (Lipinski definition) is 10. The second-order valence-corrected chi connectivity index (χ2v) is 38.6. The van der Waals surface area contributed by atoms with E-state index in [0.29, 0.717) is 39.3 Å². The number of ether oxygens (including phenoxy) is 2. The van der Waals surface area contributed by atoms with Gasteiger partial charge in [0, 0.05) is 77.0 Å². The van der Waals surface area contributed by atoms with Crippen LogP contribution in [0.2, 0.25) is 0 Å². The van der Waals surface area contributed by atoms with E-state index in [2.05, 4.69) is 191 Å². The van der Waals surface area contributed by atoms with E-state index in [4.69, 9.17) is 9.47 Å². The minimum absolute atomic E-state index is 0. The Morgan fingerprint density at radius 3 is 0.588 bits per heavy atom. The second kappa shape index (κ2) is 73.5. The van der Waals surface area contributed by atoms with Crippen molar-refractivity contribution in [2.45, 2.75) is 345 Å². The van der Waals surface area contributed by atoms with Gasteiger partial charge in [0.2, 0.25) is 11.9 Å². The molecule has 16 heteroatoms. The number of aryl methyl sites for hydroxylation is 22. The van der Waals surface area contributed by atoms with Crippen LogP contribution in [0.15, 0.2) is 183 Å². The molecule has 0 amide bonds. The van der Waals surface area contributed by atoms with Gasteiger partial charge in [-0.05, 0) is 299 Å². The first-order chi connectivity index (χ1) is 63.1. The molecule has 0 bridgehead atoms. The van der Waals surface area contributed by atoms with Gasteiger partial charge in [-0.15, -0.1) is 0 Å². The molecule has 1 aliphatic heterocycles. The van der Waals surface area contributed by atoms with Gasteiger partial charge in [0.1, 0.15) is 23.3 Å². The van der Waals surface area contributed by atoms with E-state index in [1.165, 1.54) is 162 Å². The van der Waals surface area contributed by atoms with Crippen molar-refractivity contribution in [3.63, 3.8) is 0 Å². The van der Waals surface area contributed by atoms with Crippen molar-refractivity contribution in [3.05, 3.63) is 341 Å². The predicted molar refractivity (Wildman–Crippen MR) is 568 cm³/mol. The first-order valence-corrected chi connectivity index (χ1v) is 48.7. The Labute approximate surface area is 824 Å². The zero-order chi connectivity index (χ0) is 101. The molecular weight excluding hydrogens is 1700 g/mol. The number of aromatic nitrogens is 8. The van der Waals surface area contributed by atoms with Gasteiger partial charge in [0.15, 0.2) is 17.9 Å². The topological polar surface area (TPSA) is 122 Å². The van der Waals surface area contributed by atoms with Gasteiger partial charge in [-0.1, -0.05) is 311 Å². The highest BCUT2D eigenvalue weighted by molar-refractivity contribution is 5.26. The number of nitrogens with zero attached hydrogens (tertiary/aromatic N) is 8. The summed E-state index contributed by atoms with van der Waals surface area (Å²) in [4.78, 5) is 31.2. The van der Waals surface area contributed by atoms with E-state index in [1.807, 2.05) is 138 Å². The third kappa shape index (κ3) is 66.0. The Balaban J connectivity index is 0. The molecule has 4 saturated carbocycles. The van der Waals surface area contributed by atoms with Crippen LogP contribution in [0.3, 0.4) is 0 Å². The monoisotopic (exact) mass is 1880 g/mol. The summed E-state index contributed by atoms with van der Waals surface area (Å²) in [5.74, 6) is 7.96. The van der Waals surface area contributed by atoms with E-state index in [1.54, 1.807) is 90.1 Å². The molecule has 0 atom stereocenters. The van der Waals surface area contributed by atoms with E-state index in [0.717, 1.165) is 117 Å². The van der Waals surface area contributed by atoms with Crippen molar-refractivity contribution in [1.29, 1.82) is 0 Å². The summed E-state index contributed by atoms with van der Waals surface area (Å²) in [6, 6.07) is 45.7. The molecule has 4 aliphatic carbocycles. The van der Waals surface area contributed by atoms with Gasteiger partial charge in [0.05, 0.1) is 13.2 Å². The molecule has 7 heterocycles. The third-order valence-corrected chi connectivity index (χ3v) is 23.3. The molecule has 136 heavy (non-hydrogen) atoms. The summed E-state index contributed by atoms with van der Waals surface area (Å²) in [7, 11) is 0. The average Bonchev–Trinajstić information content (AvgIpc) is 0.849. The molecule has 16 rings (SSSR count). The van der Waals surface area contributed by atoms with Gasteiger partial charge in [-0.3, -0.25) is 9.97 Å². The molecule has 754 valence electrons. The van der Waals surface area contributed by atoms with Crippen LogP contribution >= 0.6 is 0 Å². The molecule has 10 nitrogen and oxygen atoms in total. The highest BCUT2D eigenvalue weighted by Crippen LogP contribution is 2.30. The highest BCUT2D eigenvalue weighted by atomic mass is 19.2. The lowest BCUT2D eigenvalue weighted by atomic mass is 9.84. The first kappa shape index (κ1) is 128. The van der Waals surface area contributed by atoms with Crippen LogP contribution in [0, 0.1) is 241 Å². The minimum Gasteiger partial charge on any atom is -0.353 e. The van der Waals surface area contributed by atoms with Crippen molar-refractivity contribution in [1.82, 2.24) is 39.9 Å². The van der Waals surface area contributed by atoms with Crippen LogP contribution in [0.5, 0.6) is 0 Å². The smallest absolute Gasteiger partial charge is 0.215 e. The number of rotatable bonds is 0. The van der Waals surface area contributed by atoms with E-state index >= 15 is 0 Å². The quantitative estimate of drug-likeness (QED) is 0.107. The average molecular weight is 1880 g/mol. The summed E-state index contributed by atoms with van der Waals surface area (Å²) >= 11 is 0. The molecule has 5 fully saturated rings. The maximum atomic E-state index is 12.6. The van der Waals surface area contributed by atoms with Gasteiger partial charge in [0.25, 0.3) is 0 Å². The summed E-state index contributed by atoms with van der Waals surface area (Å²) in [5, 5.41) is 0. The highest BCUT2D eigenvalue weighted by Gasteiger charge is 2.17. The lowest BCUT2D eigenvalue weighted by molar-refractivity contribution is -0.187. The van der Waals surface area contributed by atoms with Gasteiger partial charge in [-0.25, -0.2) is 47.5 Å². The fourth-order valence-electron chi connectivity index (χ4n) is 13.0. The Morgan fingerprint density at radius 2 is 0.412 bits per heavy atom. The van der Waals surface area contributed by atoms with Gasteiger partial charge >= 0.3 is 0 Å². The fraction of sp³-hybridized carbons (Fsp3) is 0.517. The predicted octanol–water partition coefficient (Wildman–Crippen LogP) is 35.0. The van der Waals surface area contributed by atoms with E-state index in [-0.39, 0.29) is 44.7 Å². The van der Waals surface area contributed by atoms with Crippen molar-refractivity contribution in [2.75, 3.05) is 13.2 Å². The third-order valence-electron chi connectivity index (χ3n) is 23.3. The summed E-state index contributed by atoms with van der Waals surface area (Å²) in [6.07, 6.45) is 34.6. The maximum absolute atomic E-state index is 12.6. The summed E-state index contributed by atoms with van der Waals surface area (Å²) < 4.78 is 85.7. The molecule has 0 radical (unpaired) electrons. The van der Waals surface area contributed by atoms with Crippen LogP contribution in [-0.2, 0) is 9.47 Å². The minimum atomic E-state index is -0.736. The molecule has 5 aromatic carbocycles. The normalized spacial score (nSPS) is 18.2. The lowest BCUT2D eigenvalue weighted by Crippen LogP contribution is -2.27. The largest absolute Gasteiger partial charge is 0.353 e. The number of halogens is 6. The molecule has 1 saturated heterocycles. The van der Waals surface area contributed by atoms with E-state index in [9.17, 15) is 26.3 Å². The molecule has 0 N–H and O–H groups in total.